The van der Waals surface area contributed by atoms with Gasteiger partial charge in [0.05, 0.1) is 85.7 Å². The molecule has 0 spiro atoms. The first-order valence-electron chi connectivity index (χ1n) is 10.6. The van der Waals surface area contributed by atoms with Gasteiger partial charge in [0.1, 0.15) is 6.67 Å². The molecule has 1 aromatic carbocycles. The van der Waals surface area contributed by atoms with Crippen molar-refractivity contribution in [1.82, 2.24) is 0 Å². The van der Waals surface area contributed by atoms with Crippen LogP contribution in [0.5, 0.6) is 5.75 Å². The summed E-state index contributed by atoms with van der Waals surface area (Å²) in [5, 5.41) is 0. The second kappa shape index (κ2) is 19.2. The third-order valence-electron chi connectivity index (χ3n) is 3.92. The normalized spacial score (nSPS) is 11.3. The first-order valence-corrected chi connectivity index (χ1v) is 10.6. The smallest absolute Gasteiger partial charge is 0.313 e. The fraction of sp³-hybridized carbons (Fsp3) is 0.667. The van der Waals surface area contributed by atoms with Crippen LogP contribution in [0.1, 0.15) is 6.42 Å². The lowest BCUT2D eigenvalue weighted by molar-refractivity contribution is -0.136. The summed E-state index contributed by atoms with van der Waals surface area (Å²) in [6, 6.07) is 0. The Morgan fingerprint density at radius 1 is 0.486 bits per heavy atom. The number of benzene rings is 1. The molecule has 0 aliphatic carbocycles. The lowest BCUT2D eigenvalue weighted by Crippen LogP contribution is -2.16. The standard InChI is InChI=1S/C21H28F6O8/c22-2-4-30-6-8-32-10-12-34-14-13-33-11-9-31-7-5-29-3-1-15(28)35-21-19(26)17(24)16(23)18(25)20(21)27/h1-14H2. The minimum absolute atomic E-state index is 0.0606. The Hall–Kier alpha value is -1.97. The van der Waals surface area contributed by atoms with Crippen LogP contribution in [-0.2, 0) is 33.2 Å². The molecule has 0 unspecified atom stereocenters. The van der Waals surface area contributed by atoms with Crippen molar-refractivity contribution in [2.75, 3.05) is 86.0 Å². The van der Waals surface area contributed by atoms with Crippen molar-refractivity contribution in [3.8, 4) is 5.75 Å². The highest BCUT2D eigenvalue weighted by atomic mass is 19.2. The minimum Gasteiger partial charge on any atom is -0.420 e. The van der Waals surface area contributed by atoms with E-state index in [9.17, 15) is 31.1 Å². The number of rotatable bonds is 21. The molecule has 0 radical (unpaired) electrons. The van der Waals surface area contributed by atoms with Crippen molar-refractivity contribution < 1.29 is 64.3 Å². The van der Waals surface area contributed by atoms with Gasteiger partial charge in [0.25, 0.3) is 0 Å². The van der Waals surface area contributed by atoms with Crippen LogP contribution in [0.15, 0.2) is 0 Å². The third-order valence-corrected chi connectivity index (χ3v) is 3.92. The maximum absolute atomic E-state index is 13.4. The van der Waals surface area contributed by atoms with Gasteiger partial charge in [-0.1, -0.05) is 0 Å². The highest BCUT2D eigenvalue weighted by molar-refractivity contribution is 5.72. The molecule has 1 rings (SSSR count). The second-order valence-corrected chi connectivity index (χ2v) is 6.49. The molecular formula is C21H28F6O8. The molecule has 0 heterocycles. The fourth-order valence-electron chi connectivity index (χ4n) is 2.25. The molecule has 0 bridgehead atoms. The van der Waals surface area contributed by atoms with Crippen LogP contribution >= 0.6 is 0 Å². The molecule has 1 aromatic rings. The summed E-state index contributed by atoms with van der Waals surface area (Å²) in [6.07, 6.45) is -0.486. The average Bonchev–Trinajstić information content (AvgIpc) is 2.85. The van der Waals surface area contributed by atoms with Gasteiger partial charge in [0.15, 0.2) is 0 Å². The van der Waals surface area contributed by atoms with Crippen LogP contribution in [0.3, 0.4) is 0 Å². The molecule has 0 fully saturated rings. The molecule has 0 amide bonds. The van der Waals surface area contributed by atoms with Gasteiger partial charge in [-0.05, 0) is 0 Å². The molecule has 0 aromatic heterocycles. The molecule has 0 saturated heterocycles. The first kappa shape index (κ1) is 31.1. The molecule has 0 atom stereocenters. The number of hydrogen-bond acceptors (Lipinski definition) is 8. The Balaban J connectivity index is 1.94. The zero-order valence-corrected chi connectivity index (χ0v) is 18.9. The molecule has 0 aliphatic heterocycles. The van der Waals surface area contributed by atoms with Gasteiger partial charge in [-0.15, -0.1) is 0 Å². The van der Waals surface area contributed by atoms with Crippen molar-refractivity contribution in [3.05, 3.63) is 29.1 Å². The lowest BCUT2D eigenvalue weighted by Gasteiger charge is -2.09. The number of alkyl halides is 1. The quantitative estimate of drug-likeness (QED) is 0.0609. The monoisotopic (exact) mass is 522 g/mol. The summed E-state index contributed by atoms with van der Waals surface area (Å²) >= 11 is 0. The molecule has 8 nitrogen and oxygen atoms in total. The van der Waals surface area contributed by atoms with Crippen LogP contribution in [-0.4, -0.2) is 91.9 Å². The van der Waals surface area contributed by atoms with E-state index in [2.05, 4.69) is 4.74 Å². The largest absolute Gasteiger partial charge is 0.420 e. The number of esters is 1. The number of ether oxygens (including phenoxy) is 7. The van der Waals surface area contributed by atoms with Crippen LogP contribution in [0.4, 0.5) is 26.3 Å². The lowest BCUT2D eigenvalue weighted by atomic mass is 10.2. The zero-order chi connectivity index (χ0) is 25.9. The van der Waals surface area contributed by atoms with Crippen molar-refractivity contribution in [2.24, 2.45) is 0 Å². The van der Waals surface area contributed by atoms with Crippen LogP contribution in [0, 0.1) is 29.1 Å². The molecule has 0 N–H and O–H groups in total. The van der Waals surface area contributed by atoms with Gasteiger partial charge >= 0.3 is 5.97 Å². The van der Waals surface area contributed by atoms with Gasteiger partial charge in [-0.25, -0.2) is 17.6 Å². The van der Waals surface area contributed by atoms with Gasteiger partial charge < -0.3 is 33.2 Å². The SMILES string of the molecule is O=C(CCOCCOCCOCCOCCOCCOCCF)Oc1c(F)c(F)c(F)c(F)c1F. The summed E-state index contributed by atoms with van der Waals surface area (Å²) in [6.45, 7) is 2.32. The van der Waals surface area contributed by atoms with Crippen molar-refractivity contribution in [3.63, 3.8) is 0 Å². The van der Waals surface area contributed by atoms with Crippen molar-refractivity contribution >= 4 is 5.97 Å². The van der Waals surface area contributed by atoms with E-state index >= 15 is 0 Å². The maximum atomic E-state index is 13.4. The number of halogens is 6. The van der Waals surface area contributed by atoms with Gasteiger partial charge in [0, 0.05) is 0 Å². The minimum atomic E-state index is -2.35. The highest BCUT2D eigenvalue weighted by Crippen LogP contribution is 2.29. The highest BCUT2D eigenvalue weighted by Gasteiger charge is 2.28. The molecule has 202 valence electrons. The van der Waals surface area contributed by atoms with E-state index in [1.807, 2.05) is 0 Å². The Bertz CT molecular complexity index is 711. The topological polar surface area (TPSA) is 81.7 Å². The Kier molecular flexibility index (Phi) is 17.1. The fourth-order valence-corrected chi connectivity index (χ4v) is 2.25. The summed E-state index contributed by atoms with van der Waals surface area (Å²) in [5.41, 5.74) is 0. The van der Waals surface area contributed by atoms with Crippen molar-refractivity contribution in [2.45, 2.75) is 6.42 Å². The van der Waals surface area contributed by atoms with Gasteiger partial charge in [-0.2, -0.15) is 8.78 Å². The molecular weight excluding hydrogens is 494 g/mol. The Labute approximate surface area is 198 Å². The zero-order valence-electron chi connectivity index (χ0n) is 18.9. The van der Waals surface area contributed by atoms with Crippen LogP contribution in [0.2, 0.25) is 0 Å². The number of hydrogen-bond donors (Lipinski definition) is 0. The predicted molar refractivity (Wildman–Crippen MR) is 107 cm³/mol. The maximum Gasteiger partial charge on any atom is 0.313 e. The van der Waals surface area contributed by atoms with E-state index in [-0.39, 0.29) is 33.0 Å². The molecule has 0 saturated carbocycles. The van der Waals surface area contributed by atoms with Crippen molar-refractivity contribution in [1.29, 1.82) is 0 Å². The van der Waals surface area contributed by atoms with Gasteiger partial charge in [-0.3, -0.25) is 4.79 Å². The Morgan fingerprint density at radius 2 is 0.800 bits per heavy atom. The number of carbonyl (C=O) groups excluding carboxylic acids is 1. The summed E-state index contributed by atoms with van der Waals surface area (Å²) in [5.74, 6) is -14.1. The van der Waals surface area contributed by atoms with Gasteiger partial charge in [0.2, 0.25) is 34.8 Å². The Morgan fingerprint density at radius 3 is 1.17 bits per heavy atom. The summed E-state index contributed by atoms with van der Waals surface area (Å²) in [4.78, 5) is 11.6. The molecule has 0 aliphatic rings. The van der Waals surface area contributed by atoms with E-state index in [1.165, 1.54) is 0 Å². The summed E-state index contributed by atoms with van der Waals surface area (Å²) in [7, 11) is 0. The summed E-state index contributed by atoms with van der Waals surface area (Å²) < 4.78 is 113. The average molecular weight is 522 g/mol. The van der Waals surface area contributed by atoms with Crippen LogP contribution < -0.4 is 4.74 Å². The molecule has 14 heteroatoms. The van der Waals surface area contributed by atoms with E-state index in [0.717, 1.165) is 0 Å². The van der Waals surface area contributed by atoms with E-state index < -0.39 is 53.9 Å². The predicted octanol–water partition coefficient (Wildman–Crippen LogP) is 2.75. The second-order valence-electron chi connectivity index (χ2n) is 6.49. The third kappa shape index (κ3) is 13.1. The van der Waals surface area contributed by atoms with E-state index in [1.54, 1.807) is 0 Å². The van der Waals surface area contributed by atoms with E-state index in [4.69, 9.17) is 28.4 Å². The number of carbonyl (C=O) groups is 1. The first-order chi connectivity index (χ1) is 16.9. The van der Waals surface area contributed by atoms with Crippen LogP contribution in [0.25, 0.3) is 0 Å². The molecule has 35 heavy (non-hydrogen) atoms. The van der Waals surface area contributed by atoms with E-state index in [0.29, 0.717) is 46.2 Å².